The number of anilines is 1. The van der Waals surface area contributed by atoms with Crippen LogP contribution in [-0.2, 0) is 4.79 Å². The summed E-state index contributed by atoms with van der Waals surface area (Å²) in [5.74, 6) is -0.819. The van der Waals surface area contributed by atoms with Crippen LogP contribution in [0.25, 0.3) is 0 Å². The predicted molar refractivity (Wildman–Crippen MR) is 93.6 cm³/mol. The fourth-order valence-corrected chi connectivity index (χ4v) is 2.13. The normalized spacial score (nSPS) is 11.1. The summed E-state index contributed by atoms with van der Waals surface area (Å²) in [6.07, 6.45) is 3.58. The van der Waals surface area contributed by atoms with Crippen LogP contribution >= 0.6 is 0 Å². The summed E-state index contributed by atoms with van der Waals surface area (Å²) in [4.78, 5) is 25.1. The van der Waals surface area contributed by atoms with Crippen molar-refractivity contribution in [3.63, 3.8) is 0 Å². The third kappa shape index (κ3) is 6.02. The molecule has 0 aliphatic carbocycles. The van der Waals surface area contributed by atoms with Crippen LogP contribution in [0.2, 0.25) is 0 Å². The fraction of sp³-hybridized carbons (Fsp3) is 0.235. The molecule has 0 unspecified atom stereocenters. The van der Waals surface area contributed by atoms with E-state index in [9.17, 15) is 14.9 Å². The molecule has 130 valence electrons. The second-order valence-electron chi connectivity index (χ2n) is 5.29. The molecular weight excluding hydrogens is 324 g/mol. The molecule has 25 heavy (non-hydrogen) atoms. The largest absolute Gasteiger partial charge is 0.481 e. The number of hydrazone groups is 1. The van der Waals surface area contributed by atoms with Gasteiger partial charge >= 0.3 is 5.97 Å². The van der Waals surface area contributed by atoms with E-state index >= 15 is 0 Å². The summed E-state index contributed by atoms with van der Waals surface area (Å²) in [7, 11) is 0. The highest BCUT2D eigenvalue weighted by Gasteiger charge is 2.07. The van der Waals surface area contributed by atoms with Crippen LogP contribution in [0, 0.1) is 10.1 Å². The predicted octanol–water partition coefficient (Wildman–Crippen LogP) is 3.45. The van der Waals surface area contributed by atoms with Crippen LogP contribution in [-0.4, -0.2) is 26.7 Å². The minimum atomic E-state index is -0.819. The first-order chi connectivity index (χ1) is 12.1. The molecule has 0 saturated carbocycles. The van der Waals surface area contributed by atoms with Crippen LogP contribution in [0.5, 0.6) is 0 Å². The molecule has 1 heterocycles. The van der Waals surface area contributed by atoms with Crippen molar-refractivity contribution >= 4 is 23.1 Å². The Hall–Kier alpha value is -3.29. The molecule has 8 nitrogen and oxygen atoms in total. The number of nitrogens with one attached hydrogen (secondary N) is 1. The lowest BCUT2D eigenvalue weighted by Gasteiger charge is -2.07. The van der Waals surface area contributed by atoms with Crippen LogP contribution in [0.15, 0.2) is 53.8 Å². The van der Waals surface area contributed by atoms with E-state index in [0.717, 1.165) is 0 Å². The van der Waals surface area contributed by atoms with Crippen molar-refractivity contribution in [2.45, 2.75) is 25.7 Å². The first-order valence-electron chi connectivity index (χ1n) is 7.76. The minimum Gasteiger partial charge on any atom is -0.481 e. The molecule has 8 heteroatoms. The van der Waals surface area contributed by atoms with Crippen LogP contribution in [0.3, 0.4) is 0 Å². The summed E-state index contributed by atoms with van der Waals surface area (Å²) in [5, 5.41) is 23.7. The summed E-state index contributed by atoms with van der Waals surface area (Å²) in [6, 6.07) is 11.4. The number of pyridine rings is 1. The van der Waals surface area contributed by atoms with Gasteiger partial charge in [-0.05, 0) is 43.5 Å². The molecule has 2 aromatic rings. The lowest BCUT2D eigenvalue weighted by molar-refractivity contribution is -0.384. The van der Waals surface area contributed by atoms with Crippen molar-refractivity contribution in [3.05, 3.63) is 64.5 Å². The topological polar surface area (TPSA) is 118 Å². The first-order valence-corrected chi connectivity index (χ1v) is 7.76. The maximum absolute atomic E-state index is 10.7. The van der Waals surface area contributed by atoms with Crippen molar-refractivity contribution in [2.75, 3.05) is 5.43 Å². The number of unbranched alkanes of at least 4 members (excludes halogenated alkanes) is 1. The Kier molecular flexibility index (Phi) is 6.58. The van der Waals surface area contributed by atoms with Gasteiger partial charge in [-0.15, -0.1) is 0 Å². The Balaban J connectivity index is 2.07. The number of non-ortho nitro benzene ring substituents is 1. The van der Waals surface area contributed by atoms with Crippen LogP contribution in [0.1, 0.15) is 31.4 Å². The third-order valence-electron chi connectivity index (χ3n) is 3.41. The smallest absolute Gasteiger partial charge is 0.303 e. The Morgan fingerprint density at radius 2 is 1.88 bits per heavy atom. The van der Waals surface area contributed by atoms with Gasteiger partial charge in [-0.1, -0.05) is 6.07 Å². The first kappa shape index (κ1) is 18.1. The van der Waals surface area contributed by atoms with Crippen molar-refractivity contribution in [1.82, 2.24) is 4.98 Å². The summed E-state index contributed by atoms with van der Waals surface area (Å²) >= 11 is 0. The van der Waals surface area contributed by atoms with E-state index in [1.54, 1.807) is 24.4 Å². The van der Waals surface area contributed by atoms with Gasteiger partial charge < -0.3 is 5.11 Å². The maximum atomic E-state index is 10.7. The molecule has 0 amide bonds. The fourth-order valence-electron chi connectivity index (χ4n) is 2.13. The highest BCUT2D eigenvalue weighted by molar-refractivity contribution is 5.99. The van der Waals surface area contributed by atoms with Crippen molar-refractivity contribution < 1.29 is 14.8 Å². The molecular formula is C17H18N4O4. The Labute approximate surface area is 144 Å². The van der Waals surface area contributed by atoms with E-state index in [0.29, 0.717) is 36.4 Å². The average molecular weight is 342 g/mol. The van der Waals surface area contributed by atoms with Gasteiger partial charge in [-0.25, -0.2) is 0 Å². The van der Waals surface area contributed by atoms with Crippen molar-refractivity contribution in [1.29, 1.82) is 0 Å². The number of aliphatic carboxylic acids is 1. The highest BCUT2D eigenvalue weighted by Crippen LogP contribution is 2.16. The molecule has 0 atom stereocenters. The summed E-state index contributed by atoms with van der Waals surface area (Å²) in [5.41, 5.74) is 4.89. The molecule has 1 aromatic carbocycles. The van der Waals surface area contributed by atoms with E-state index < -0.39 is 10.9 Å². The Morgan fingerprint density at radius 1 is 1.16 bits per heavy atom. The second-order valence-corrected chi connectivity index (χ2v) is 5.29. The number of rotatable bonds is 9. The summed E-state index contributed by atoms with van der Waals surface area (Å²) in [6.45, 7) is 0. The van der Waals surface area contributed by atoms with E-state index in [2.05, 4.69) is 15.5 Å². The van der Waals surface area contributed by atoms with Gasteiger partial charge in [0.15, 0.2) is 0 Å². The van der Waals surface area contributed by atoms with E-state index in [4.69, 9.17) is 5.11 Å². The van der Waals surface area contributed by atoms with Gasteiger partial charge in [-0.2, -0.15) is 5.10 Å². The zero-order valence-electron chi connectivity index (χ0n) is 13.5. The molecule has 0 aliphatic heterocycles. The summed E-state index contributed by atoms with van der Waals surface area (Å²) < 4.78 is 0. The lowest BCUT2D eigenvalue weighted by Crippen LogP contribution is -2.07. The zero-order chi connectivity index (χ0) is 18.1. The SMILES string of the molecule is O=C(O)CCCC/C(=N/Nc1ccc([N+](=O)[O-])cc1)c1ccccn1. The molecule has 0 radical (unpaired) electrons. The molecule has 2 rings (SSSR count). The quantitative estimate of drug-likeness (QED) is 0.312. The number of carbonyl (C=O) groups is 1. The molecule has 0 spiro atoms. The van der Waals surface area contributed by atoms with E-state index in [1.165, 1.54) is 12.1 Å². The number of carboxylic acids is 1. The van der Waals surface area contributed by atoms with E-state index in [1.807, 2.05) is 12.1 Å². The molecule has 0 aliphatic rings. The third-order valence-corrected chi connectivity index (χ3v) is 3.41. The monoisotopic (exact) mass is 342 g/mol. The van der Waals surface area contributed by atoms with Gasteiger partial charge in [0.1, 0.15) is 0 Å². The number of hydrogen-bond donors (Lipinski definition) is 2. The van der Waals surface area contributed by atoms with Crippen LogP contribution in [0.4, 0.5) is 11.4 Å². The number of nitro benzene ring substituents is 1. The van der Waals surface area contributed by atoms with Gasteiger partial charge in [0.25, 0.3) is 5.69 Å². The van der Waals surface area contributed by atoms with Gasteiger partial charge in [0, 0.05) is 24.8 Å². The van der Waals surface area contributed by atoms with Gasteiger partial charge in [0.2, 0.25) is 0 Å². The van der Waals surface area contributed by atoms with Gasteiger partial charge in [0.05, 0.1) is 22.0 Å². The number of aromatic nitrogens is 1. The molecule has 0 bridgehead atoms. The number of carboxylic acid groups (broad SMARTS) is 1. The number of hydrogen-bond acceptors (Lipinski definition) is 6. The van der Waals surface area contributed by atoms with Gasteiger partial charge in [-0.3, -0.25) is 25.3 Å². The molecule has 0 saturated heterocycles. The second kappa shape index (κ2) is 9.11. The Morgan fingerprint density at radius 3 is 2.48 bits per heavy atom. The zero-order valence-corrected chi connectivity index (χ0v) is 13.5. The standard InChI is InChI=1S/C17H18N4O4/c22-17(23)7-2-1-6-16(15-5-3-4-12-18-15)20-19-13-8-10-14(11-9-13)21(24)25/h3-5,8-12,19H,1-2,6-7H2,(H,22,23)/b20-16-. The lowest BCUT2D eigenvalue weighted by atomic mass is 10.1. The number of nitrogens with zero attached hydrogens (tertiary/aromatic N) is 3. The highest BCUT2D eigenvalue weighted by atomic mass is 16.6. The molecule has 1 aromatic heterocycles. The van der Waals surface area contributed by atoms with Crippen molar-refractivity contribution in [2.24, 2.45) is 5.10 Å². The van der Waals surface area contributed by atoms with Crippen LogP contribution < -0.4 is 5.43 Å². The van der Waals surface area contributed by atoms with Crippen molar-refractivity contribution in [3.8, 4) is 0 Å². The molecule has 2 N–H and O–H groups in total. The maximum Gasteiger partial charge on any atom is 0.303 e. The number of nitro groups is 1. The minimum absolute atomic E-state index is 0.00755. The Bertz CT molecular complexity index is 745. The number of benzene rings is 1. The van der Waals surface area contributed by atoms with E-state index in [-0.39, 0.29) is 12.1 Å². The average Bonchev–Trinajstić information content (AvgIpc) is 2.62. The molecule has 0 fully saturated rings.